The van der Waals surface area contributed by atoms with Crippen molar-refractivity contribution in [1.82, 2.24) is 10.5 Å². The Hall–Kier alpha value is -2.20. The summed E-state index contributed by atoms with van der Waals surface area (Å²) in [6, 6.07) is 11.7. The van der Waals surface area contributed by atoms with Crippen molar-refractivity contribution in [3.8, 4) is 0 Å². The van der Waals surface area contributed by atoms with Crippen LogP contribution >= 0.6 is 0 Å². The highest BCUT2D eigenvalue weighted by Crippen LogP contribution is 2.28. The molecule has 1 aromatic heterocycles. The second-order valence-electron chi connectivity index (χ2n) is 5.56. The fourth-order valence-corrected chi connectivity index (χ4v) is 3.03. The highest BCUT2D eigenvalue weighted by atomic mass is 16.5. The van der Waals surface area contributed by atoms with E-state index in [0.29, 0.717) is 11.5 Å². The van der Waals surface area contributed by atoms with Gasteiger partial charge in [0.2, 0.25) is 0 Å². The molecule has 3 rings (SSSR count). The predicted octanol–water partition coefficient (Wildman–Crippen LogP) is 2.55. The molecular weight excluding hydrogens is 264 g/mol. The largest absolute Gasteiger partial charge is 0.288 e. The third kappa shape index (κ3) is 3.11. The van der Waals surface area contributed by atoms with Crippen molar-refractivity contribution in [3.63, 3.8) is 0 Å². The second kappa shape index (κ2) is 6.06. The highest BCUT2D eigenvalue weighted by molar-refractivity contribution is 5.93. The summed E-state index contributed by atoms with van der Waals surface area (Å²) in [7, 11) is 0. The molecule has 0 radical (unpaired) electrons. The number of carbonyl (C=O) groups is 1. The summed E-state index contributed by atoms with van der Waals surface area (Å²) in [4.78, 5) is 15.9. The van der Waals surface area contributed by atoms with Gasteiger partial charge in [-0.1, -0.05) is 12.1 Å². The lowest BCUT2D eigenvalue weighted by molar-refractivity contribution is 0.0706. The number of hydrogen-bond donors (Lipinski definition) is 2. The van der Waals surface area contributed by atoms with E-state index in [1.165, 1.54) is 11.1 Å². The number of benzene rings is 1. The Morgan fingerprint density at radius 2 is 2.19 bits per heavy atom. The molecule has 0 saturated heterocycles. The van der Waals surface area contributed by atoms with Crippen molar-refractivity contribution < 1.29 is 10.0 Å². The van der Waals surface area contributed by atoms with Crippen LogP contribution in [0.15, 0.2) is 42.6 Å². The first-order valence-electron chi connectivity index (χ1n) is 7.22. The van der Waals surface area contributed by atoms with Gasteiger partial charge < -0.3 is 0 Å². The molecule has 2 N–H and O–H groups in total. The van der Waals surface area contributed by atoms with Crippen LogP contribution in [0.3, 0.4) is 0 Å². The second-order valence-corrected chi connectivity index (χ2v) is 5.56. The molecule has 1 unspecified atom stereocenters. The zero-order valence-corrected chi connectivity index (χ0v) is 11.7. The van der Waals surface area contributed by atoms with E-state index in [9.17, 15) is 4.79 Å². The molecular formula is C17H18N2O2. The van der Waals surface area contributed by atoms with Crippen molar-refractivity contribution >= 4 is 5.91 Å². The van der Waals surface area contributed by atoms with E-state index in [-0.39, 0.29) is 0 Å². The molecule has 4 heteroatoms. The molecule has 108 valence electrons. The van der Waals surface area contributed by atoms with Crippen LogP contribution < -0.4 is 5.48 Å². The molecule has 1 amide bonds. The van der Waals surface area contributed by atoms with Gasteiger partial charge in [-0.25, -0.2) is 5.48 Å². The molecule has 0 saturated carbocycles. The van der Waals surface area contributed by atoms with Crippen molar-refractivity contribution in [2.45, 2.75) is 25.7 Å². The third-order valence-electron chi connectivity index (χ3n) is 4.12. The van der Waals surface area contributed by atoms with Crippen molar-refractivity contribution in [1.29, 1.82) is 0 Å². The van der Waals surface area contributed by atoms with Gasteiger partial charge >= 0.3 is 0 Å². The number of rotatable bonds is 3. The molecule has 1 aliphatic rings. The fourth-order valence-electron chi connectivity index (χ4n) is 3.03. The average molecular weight is 282 g/mol. The van der Waals surface area contributed by atoms with Crippen LogP contribution in [-0.4, -0.2) is 16.1 Å². The first-order valence-corrected chi connectivity index (χ1v) is 7.22. The smallest absolute Gasteiger partial charge is 0.274 e. The van der Waals surface area contributed by atoms with E-state index in [0.717, 1.165) is 31.4 Å². The van der Waals surface area contributed by atoms with Crippen LogP contribution in [0.1, 0.15) is 33.6 Å². The predicted molar refractivity (Wildman–Crippen MR) is 79.2 cm³/mol. The third-order valence-corrected chi connectivity index (χ3v) is 4.12. The fraction of sp³-hybridized carbons (Fsp3) is 0.294. The van der Waals surface area contributed by atoms with Crippen LogP contribution in [0.4, 0.5) is 0 Å². The van der Waals surface area contributed by atoms with Crippen LogP contribution in [0.5, 0.6) is 0 Å². The Morgan fingerprint density at radius 3 is 2.95 bits per heavy atom. The molecule has 0 aliphatic heterocycles. The zero-order valence-electron chi connectivity index (χ0n) is 11.7. The van der Waals surface area contributed by atoms with Gasteiger partial charge in [-0.05, 0) is 67.0 Å². The number of aromatic nitrogens is 1. The van der Waals surface area contributed by atoms with E-state index in [1.807, 2.05) is 30.5 Å². The van der Waals surface area contributed by atoms with E-state index >= 15 is 0 Å². The minimum atomic E-state index is -0.454. The molecule has 0 bridgehead atoms. The van der Waals surface area contributed by atoms with E-state index in [4.69, 9.17) is 5.21 Å². The minimum Gasteiger partial charge on any atom is -0.288 e. The van der Waals surface area contributed by atoms with Crippen molar-refractivity contribution in [2.75, 3.05) is 0 Å². The van der Waals surface area contributed by atoms with Crippen molar-refractivity contribution in [3.05, 3.63) is 65.0 Å². The van der Waals surface area contributed by atoms with Crippen LogP contribution in [0.2, 0.25) is 0 Å². The highest BCUT2D eigenvalue weighted by Gasteiger charge is 2.20. The summed E-state index contributed by atoms with van der Waals surface area (Å²) in [6.07, 6.45) is 5.94. The van der Waals surface area contributed by atoms with Gasteiger partial charge in [0.15, 0.2) is 0 Å². The van der Waals surface area contributed by atoms with E-state index in [1.54, 1.807) is 11.5 Å². The van der Waals surface area contributed by atoms with Gasteiger partial charge in [-0.15, -0.1) is 0 Å². The summed E-state index contributed by atoms with van der Waals surface area (Å²) in [5, 5.41) is 8.73. The Bertz CT molecular complexity index is 640. The number of amides is 1. The standard InChI is InChI=1S/C17H18N2O2/c20-17(19-21)14-7-6-13-5-4-12(9-15(13)11-14)10-16-3-1-2-8-18-16/h1-3,6-8,11-12,21H,4-5,9-10H2,(H,19,20). The summed E-state index contributed by atoms with van der Waals surface area (Å²) in [5.74, 6) is 0.101. The SMILES string of the molecule is O=C(NO)c1ccc2c(c1)CC(Cc1ccccn1)CC2. The lowest BCUT2D eigenvalue weighted by Crippen LogP contribution is -2.21. The summed E-state index contributed by atoms with van der Waals surface area (Å²) in [6.45, 7) is 0. The Labute approximate surface area is 123 Å². The number of carbonyl (C=O) groups excluding carboxylic acids is 1. The van der Waals surface area contributed by atoms with Gasteiger partial charge in [0.25, 0.3) is 5.91 Å². The number of aryl methyl sites for hydroxylation is 1. The Balaban J connectivity index is 1.76. The van der Waals surface area contributed by atoms with Gasteiger partial charge in [-0.3, -0.25) is 15.0 Å². The van der Waals surface area contributed by atoms with Crippen LogP contribution in [-0.2, 0) is 19.3 Å². The Morgan fingerprint density at radius 1 is 1.29 bits per heavy atom. The van der Waals surface area contributed by atoms with E-state index < -0.39 is 5.91 Å². The molecule has 0 spiro atoms. The lowest BCUT2D eigenvalue weighted by atomic mass is 9.81. The average Bonchev–Trinajstić information content (AvgIpc) is 2.54. The van der Waals surface area contributed by atoms with Crippen LogP contribution in [0, 0.1) is 5.92 Å². The number of hydroxylamine groups is 1. The Kier molecular flexibility index (Phi) is 3.97. The quantitative estimate of drug-likeness (QED) is 0.672. The van der Waals surface area contributed by atoms with Gasteiger partial charge in [-0.2, -0.15) is 0 Å². The monoisotopic (exact) mass is 282 g/mol. The summed E-state index contributed by atoms with van der Waals surface area (Å²) < 4.78 is 0. The molecule has 1 atom stereocenters. The first kappa shape index (κ1) is 13.8. The number of fused-ring (bicyclic) bond motifs is 1. The molecule has 1 heterocycles. The molecule has 0 fully saturated rings. The zero-order chi connectivity index (χ0) is 14.7. The van der Waals surface area contributed by atoms with E-state index in [2.05, 4.69) is 11.1 Å². The number of nitrogens with one attached hydrogen (secondary N) is 1. The maximum absolute atomic E-state index is 11.5. The minimum absolute atomic E-state index is 0.454. The maximum atomic E-state index is 11.5. The maximum Gasteiger partial charge on any atom is 0.274 e. The normalized spacial score (nSPS) is 17.1. The van der Waals surface area contributed by atoms with Gasteiger partial charge in [0.05, 0.1) is 0 Å². The summed E-state index contributed by atoms with van der Waals surface area (Å²) in [5.41, 5.74) is 5.84. The molecule has 21 heavy (non-hydrogen) atoms. The summed E-state index contributed by atoms with van der Waals surface area (Å²) >= 11 is 0. The molecule has 2 aromatic rings. The number of pyridine rings is 1. The number of nitrogens with zero attached hydrogens (tertiary/aromatic N) is 1. The van der Waals surface area contributed by atoms with Gasteiger partial charge in [0.1, 0.15) is 0 Å². The topological polar surface area (TPSA) is 62.2 Å². The van der Waals surface area contributed by atoms with Crippen LogP contribution in [0.25, 0.3) is 0 Å². The molecule has 4 nitrogen and oxygen atoms in total. The van der Waals surface area contributed by atoms with Gasteiger partial charge in [0, 0.05) is 17.5 Å². The first-order chi connectivity index (χ1) is 10.3. The molecule has 1 aromatic carbocycles. The molecule has 1 aliphatic carbocycles. The lowest BCUT2D eigenvalue weighted by Gasteiger charge is -2.24. The van der Waals surface area contributed by atoms with Crippen molar-refractivity contribution in [2.24, 2.45) is 5.92 Å². The number of hydrogen-bond acceptors (Lipinski definition) is 3.